The number of nitrogens with one attached hydrogen (secondary N) is 2. The maximum atomic E-state index is 12.2. The van der Waals surface area contributed by atoms with Crippen molar-refractivity contribution in [2.75, 3.05) is 5.32 Å². The molecule has 1 amide bonds. The maximum Gasteiger partial charge on any atom is 0.337 e. The third kappa shape index (κ3) is 4.49. The summed E-state index contributed by atoms with van der Waals surface area (Å²) in [6, 6.07) is 12.0. The lowest BCUT2D eigenvalue weighted by Gasteiger charge is -2.12. The molecule has 2 aromatic rings. The Kier molecular flexibility index (Phi) is 5.67. The number of hydrogen-bond donors (Lipinski definition) is 3. The number of carboxylic acid groups (broad SMARTS) is 1. The van der Waals surface area contributed by atoms with Crippen molar-refractivity contribution in [2.24, 2.45) is 0 Å². The van der Waals surface area contributed by atoms with Crippen LogP contribution in [0.1, 0.15) is 26.3 Å². The summed E-state index contributed by atoms with van der Waals surface area (Å²) in [6.07, 6.45) is 0. The Morgan fingerprint density at radius 3 is 2.48 bits per heavy atom. The van der Waals surface area contributed by atoms with Crippen LogP contribution in [0.5, 0.6) is 0 Å². The summed E-state index contributed by atoms with van der Waals surface area (Å²) in [5.41, 5.74) is 1.75. The van der Waals surface area contributed by atoms with E-state index in [1.807, 2.05) is 41.6 Å². The largest absolute Gasteiger partial charge is 0.478 e. The fourth-order valence-electron chi connectivity index (χ4n) is 1.95. The number of aromatic carboxylic acids is 1. The minimum Gasteiger partial charge on any atom is -0.478 e. The lowest BCUT2D eigenvalue weighted by molar-refractivity contribution is 0.0697. The molecule has 0 aliphatic carbocycles. The third-order valence-corrected chi connectivity index (χ3v) is 3.95. The number of thiocarbonyl (C=S) groups is 1. The fraction of sp³-hybridized carbons (Fsp3) is 0.0625. The number of carboxylic acids is 1. The first-order chi connectivity index (χ1) is 10.9. The van der Waals surface area contributed by atoms with Gasteiger partial charge in [-0.05, 0) is 71.6 Å². The standard InChI is InChI=1S/C16H13IN2O3S/c1-9-4-2-3-5-11(9)14(20)19-16(23)18-13-7-6-10(17)8-12(13)15(21)22/h2-8H,1H3,(H,21,22)(H2,18,19,20,23). The van der Waals surface area contributed by atoms with Crippen molar-refractivity contribution in [2.45, 2.75) is 6.92 Å². The molecule has 0 bridgehead atoms. The number of halogens is 1. The minimum absolute atomic E-state index is 0.0435. The second kappa shape index (κ2) is 7.51. The summed E-state index contributed by atoms with van der Waals surface area (Å²) in [7, 11) is 0. The fourth-order valence-corrected chi connectivity index (χ4v) is 2.65. The van der Waals surface area contributed by atoms with E-state index < -0.39 is 5.97 Å². The van der Waals surface area contributed by atoms with E-state index >= 15 is 0 Å². The molecule has 7 heteroatoms. The van der Waals surface area contributed by atoms with Crippen molar-refractivity contribution < 1.29 is 14.7 Å². The van der Waals surface area contributed by atoms with Crippen molar-refractivity contribution >= 4 is 57.5 Å². The summed E-state index contributed by atoms with van der Waals surface area (Å²) in [5.74, 6) is -1.41. The zero-order valence-electron chi connectivity index (χ0n) is 12.1. The van der Waals surface area contributed by atoms with Gasteiger partial charge in [0, 0.05) is 9.13 Å². The molecule has 0 unspecified atom stereocenters. The topological polar surface area (TPSA) is 78.4 Å². The van der Waals surface area contributed by atoms with E-state index in [2.05, 4.69) is 10.6 Å². The first-order valence-corrected chi connectivity index (χ1v) is 8.08. The summed E-state index contributed by atoms with van der Waals surface area (Å²) in [6.45, 7) is 1.83. The van der Waals surface area contributed by atoms with Crippen LogP contribution < -0.4 is 10.6 Å². The molecule has 0 fully saturated rings. The minimum atomic E-state index is -1.07. The van der Waals surface area contributed by atoms with Crippen molar-refractivity contribution in [3.05, 3.63) is 62.7 Å². The van der Waals surface area contributed by atoms with E-state index in [1.54, 1.807) is 24.3 Å². The number of rotatable bonds is 3. The molecular weight excluding hydrogens is 427 g/mol. The molecule has 0 atom stereocenters. The van der Waals surface area contributed by atoms with Gasteiger partial charge in [0.15, 0.2) is 5.11 Å². The van der Waals surface area contributed by atoms with Gasteiger partial charge in [0.05, 0.1) is 11.3 Å². The van der Waals surface area contributed by atoms with Crippen LogP contribution in [0.15, 0.2) is 42.5 Å². The molecule has 23 heavy (non-hydrogen) atoms. The number of hydrogen-bond acceptors (Lipinski definition) is 3. The van der Waals surface area contributed by atoms with Crippen LogP contribution in [0.4, 0.5) is 5.69 Å². The molecule has 0 heterocycles. The second-order valence-corrected chi connectivity index (χ2v) is 6.37. The second-order valence-electron chi connectivity index (χ2n) is 4.72. The highest BCUT2D eigenvalue weighted by atomic mass is 127. The molecule has 2 rings (SSSR count). The van der Waals surface area contributed by atoms with Crippen molar-refractivity contribution in [1.82, 2.24) is 5.32 Å². The van der Waals surface area contributed by atoms with E-state index in [9.17, 15) is 14.7 Å². The van der Waals surface area contributed by atoms with Crippen LogP contribution in [0.25, 0.3) is 0 Å². The molecule has 118 valence electrons. The van der Waals surface area contributed by atoms with E-state index in [0.29, 0.717) is 11.3 Å². The van der Waals surface area contributed by atoms with Gasteiger partial charge >= 0.3 is 5.97 Å². The average Bonchev–Trinajstić information content (AvgIpc) is 2.49. The first kappa shape index (κ1) is 17.4. The predicted octanol–water partition coefficient (Wildman–Crippen LogP) is 3.42. The third-order valence-electron chi connectivity index (χ3n) is 3.08. The molecule has 0 aliphatic rings. The quantitative estimate of drug-likeness (QED) is 0.504. The van der Waals surface area contributed by atoms with Crippen molar-refractivity contribution in [1.29, 1.82) is 0 Å². The number of benzene rings is 2. The number of carbonyl (C=O) groups is 2. The Balaban J connectivity index is 2.13. The van der Waals surface area contributed by atoms with Gasteiger partial charge in [0.2, 0.25) is 0 Å². The van der Waals surface area contributed by atoms with Gasteiger partial charge in [-0.2, -0.15) is 0 Å². The first-order valence-electron chi connectivity index (χ1n) is 6.59. The Hall–Kier alpha value is -2.00. The Bertz CT molecular complexity index is 793. The van der Waals surface area contributed by atoms with Crippen molar-refractivity contribution in [3.8, 4) is 0 Å². The predicted molar refractivity (Wildman–Crippen MR) is 101 cm³/mol. The van der Waals surface area contributed by atoms with Gasteiger partial charge in [-0.15, -0.1) is 0 Å². The maximum absolute atomic E-state index is 12.2. The smallest absolute Gasteiger partial charge is 0.337 e. The van der Waals surface area contributed by atoms with E-state index in [4.69, 9.17) is 12.2 Å². The van der Waals surface area contributed by atoms with Gasteiger partial charge in [-0.1, -0.05) is 18.2 Å². The molecule has 0 saturated carbocycles. The van der Waals surface area contributed by atoms with E-state index in [-0.39, 0.29) is 16.6 Å². The molecule has 5 nitrogen and oxygen atoms in total. The highest BCUT2D eigenvalue weighted by Gasteiger charge is 2.14. The highest BCUT2D eigenvalue weighted by molar-refractivity contribution is 14.1. The van der Waals surface area contributed by atoms with Gasteiger partial charge in [0.25, 0.3) is 5.91 Å². The van der Waals surface area contributed by atoms with E-state index in [1.165, 1.54) is 6.07 Å². The van der Waals surface area contributed by atoms with Crippen LogP contribution in [-0.2, 0) is 0 Å². The van der Waals surface area contributed by atoms with Gasteiger partial charge in [-0.3, -0.25) is 10.1 Å². The van der Waals surface area contributed by atoms with Gasteiger partial charge in [-0.25, -0.2) is 4.79 Å². The summed E-state index contributed by atoms with van der Waals surface area (Å²) in [4.78, 5) is 23.5. The molecule has 0 spiro atoms. The number of amides is 1. The Morgan fingerprint density at radius 1 is 1.13 bits per heavy atom. The summed E-state index contributed by atoms with van der Waals surface area (Å²) >= 11 is 7.12. The SMILES string of the molecule is Cc1ccccc1C(=O)NC(=S)Nc1ccc(I)cc1C(=O)O. The highest BCUT2D eigenvalue weighted by Crippen LogP contribution is 2.19. The van der Waals surface area contributed by atoms with Gasteiger partial charge in [0.1, 0.15) is 0 Å². The monoisotopic (exact) mass is 440 g/mol. The molecule has 2 aromatic carbocycles. The molecule has 0 aromatic heterocycles. The van der Waals surface area contributed by atoms with Crippen LogP contribution in [-0.4, -0.2) is 22.1 Å². The lowest BCUT2D eigenvalue weighted by Crippen LogP contribution is -2.34. The Labute approximate surface area is 152 Å². The van der Waals surface area contributed by atoms with Crippen LogP contribution >= 0.6 is 34.8 Å². The molecule has 0 aliphatic heterocycles. The molecule has 0 saturated heterocycles. The van der Waals surface area contributed by atoms with E-state index in [0.717, 1.165) is 9.13 Å². The lowest BCUT2D eigenvalue weighted by atomic mass is 10.1. The van der Waals surface area contributed by atoms with Crippen LogP contribution in [0.3, 0.4) is 0 Å². The summed E-state index contributed by atoms with van der Waals surface area (Å²) < 4.78 is 0.792. The average molecular weight is 440 g/mol. The van der Waals surface area contributed by atoms with Crippen LogP contribution in [0.2, 0.25) is 0 Å². The number of aryl methyl sites for hydroxylation is 1. The summed E-state index contributed by atoms with van der Waals surface area (Å²) in [5, 5.41) is 14.6. The Morgan fingerprint density at radius 2 is 1.83 bits per heavy atom. The molecule has 3 N–H and O–H groups in total. The molecule has 0 radical (unpaired) electrons. The number of carbonyl (C=O) groups excluding carboxylic acids is 1. The molecular formula is C16H13IN2O3S. The van der Waals surface area contributed by atoms with Crippen molar-refractivity contribution in [3.63, 3.8) is 0 Å². The normalized spacial score (nSPS) is 10.0. The zero-order valence-corrected chi connectivity index (χ0v) is 15.1. The zero-order chi connectivity index (χ0) is 17.0. The van der Waals surface area contributed by atoms with Crippen LogP contribution in [0, 0.1) is 10.5 Å². The number of anilines is 1. The van der Waals surface area contributed by atoms with Gasteiger partial charge < -0.3 is 10.4 Å².